The lowest BCUT2D eigenvalue weighted by Crippen LogP contribution is -2.34. The van der Waals surface area contributed by atoms with Gasteiger partial charge in [0.25, 0.3) is 0 Å². The maximum Gasteiger partial charge on any atom is 0.416 e. The molecule has 0 unspecified atom stereocenters. The number of carbonyl (C=O) groups is 1. The highest BCUT2D eigenvalue weighted by Gasteiger charge is 2.32. The molecule has 28 heavy (non-hydrogen) atoms. The number of ether oxygens (including phenoxy) is 1. The SMILES string of the molecule is C[C@@H]1CN(CCC(=O)NCc2ccccc2C(F)(F)F)Cc2ccccc2O1. The first kappa shape index (κ1) is 20.2. The van der Waals surface area contributed by atoms with Gasteiger partial charge in [-0.1, -0.05) is 36.4 Å². The van der Waals surface area contributed by atoms with Crippen LogP contribution >= 0.6 is 0 Å². The number of amides is 1. The molecule has 1 heterocycles. The predicted molar refractivity (Wildman–Crippen MR) is 99.7 cm³/mol. The van der Waals surface area contributed by atoms with Gasteiger partial charge in [-0.05, 0) is 24.6 Å². The molecule has 0 aromatic heterocycles. The topological polar surface area (TPSA) is 41.6 Å². The normalized spacial score (nSPS) is 17.4. The van der Waals surface area contributed by atoms with E-state index in [2.05, 4.69) is 10.2 Å². The van der Waals surface area contributed by atoms with E-state index in [0.29, 0.717) is 19.6 Å². The van der Waals surface area contributed by atoms with Crippen LogP contribution in [0.5, 0.6) is 5.75 Å². The minimum atomic E-state index is -4.43. The summed E-state index contributed by atoms with van der Waals surface area (Å²) >= 11 is 0. The summed E-state index contributed by atoms with van der Waals surface area (Å²) in [5, 5.41) is 2.60. The van der Waals surface area contributed by atoms with Crippen molar-refractivity contribution in [2.45, 2.75) is 38.7 Å². The van der Waals surface area contributed by atoms with Crippen LogP contribution in [0.4, 0.5) is 13.2 Å². The summed E-state index contributed by atoms with van der Waals surface area (Å²) in [6, 6.07) is 13.1. The minimum Gasteiger partial charge on any atom is -0.489 e. The summed E-state index contributed by atoms with van der Waals surface area (Å²) in [7, 11) is 0. The number of rotatable bonds is 5. The van der Waals surface area contributed by atoms with Gasteiger partial charge in [0.2, 0.25) is 5.91 Å². The number of nitrogens with zero attached hydrogens (tertiary/aromatic N) is 1. The van der Waals surface area contributed by atoms with Crippen LogP contribution in [-0.4, -0.2) is 30.0 Å². The molecule has 1 aliphatic rings. The van der Waals surface area contributed by atoms with Gasteiger partial charge in [0, 0.05) is 38.2 Å². The number of para-hydroxylation sites is 1. The third kappa shape index (κ3) is 5.25. The van der Waals surface area contributed by atoms with E-state index in [-0.39, 0.29) is 30.5 Å². The molecule has 0 aliphatic carbocycles. The van der Waals surface area contributed by atoms with Crippen molar-refractivity contribution in [3.63, 3.8) is 0 Å². The van der Waals surface area contributed by atoms with Gasteiger partial charge in [-0.3, -0.25) is 9.69 Å². The Labute approximate surface area is 162 Å². The molecule has 0 fully saturated rings. The van der Waals surface area contributed by atoms with Crippen LogP contribution in [0.15, 0.2) is 48.5 Å². The number of hydrogen-bond acceptors (Lipinski definition) is 3. The monoisotopic (exact) mass is 392 g/mol. The molecule has 2 aromatic rings. The molecule has 150 valence electrons. The third-order valence-corrected chi connectivity index (χ3v) is 4.66. The van der Waals surface area contributed by atoms with Gasteiger partial charge in [0.05, 0.1) is 5.56 Å². The van der Waals surface area contributed by atoms with Crippen molar-refractivity contribution < 1.29 is 22.7 Å². The number of hydrogen-bond donors (Lipinski definition) is 1. The summed E-state index contributed by atoms with van der Waals surface area (Å²) < 4.78 is 45.0. The lowest BCUT2D eigenvalue weighted by Gasteiger charge is -2.21. The summed E-state index contributed by atoms with van der Waals surface area (Å²) in [6.45, 7) is 3.69. The van der Waals surface area contributed by atoms with Crippen LogP contribution in [0.2, 0.25) is 0 Å². The van der Waals surface area contributed by atoms with E-state index >= 15 is 0 Å². The molecule has 0 radical (unpaired) electrons. The van der Waals surface area contributed by atoms with Crippen LogP contribution in [-0.2, 0) is 24.1 Å². The first-order valence-corrected chi connectivity index (χ1v) is 9.21. The molecule has 1 amide bonds. The molecular weight excluding hydrogens is 369 g/mol. The molecule has 0 saturated heterocycles. The van der Waals surface area contributed by atoms with Gasteiger partial charge < -0.3 is 10.1 Å². The Morgan fingerprint density at radius 3 is 2.68 bits per heavy atom. The highest BCUT2D eigenvalue weighted by atomic mass is 19.4. The average molecular weight is 392 g/mol. The molecule has 0 bridgehead atoms. The van der Waals surface area contributed by atoms with Crippen LogP contribution in [0.25, 0.3) is 0 Å². The Kier molecular flexibility index (Phi) is 6.24. The van der Waals surface area contributed by atoms with E-state index in [1.807, 2.05) is 31.2 Å². The summed E-state index contributed by atoms with van der Waals surface area (Å²) in [4.78, 5) is 14.3. The van der Waals surface area contributed by atoms with Crippen molar-refractivity contribution in [3.05, 3.63) is 65.2 Å². The number of fused-ring (bicyclic) bond motifs is 1. The van der Waals surface area contributed by atoms with E-state index in [4.69, 9.17) is 4.74 Å². The standard InChI is InChI=1S/C21H23F3N2O2/c1-15-13-26(14-17-7-3-5-9-19(17)28-15)11-10-20(27)25-12-16-6-2-4-8-18(16)21(22,23)24/h2-9,15H,10-14H2,1H3,(H,25,27)/t15-/m1/s1. The molecule has 4 nitrogen and oxygen atoms in total. The predicted octanol–water partition coefficient (Wildman–Crippen LogP) is 3.99. The zero-order valence-corrected chi connectivity index (χ0v) is 15.6. The molecule has 2 aromatic carbocycles. The fourth-order valence-corrected chi connectivity index (χ4v) is 3.34. The fourth-order valence-electron chi connectivity index (χ4n) is 3.34. The number of nitrogens with one attached hydrogen (secondary N) is 1. The van der Waals surface area contributed by atoms with Crippen LogP contribution < -0.4 is 10.1 Å². The lowest BCUT2D eigenvalue weighted by atomic mass is 10.1. The molecule has 0 saturated carbocycles. The highest BCUT2D eigenvalue weighted by Crippen LogP contribution is 2.31. The Balaban J connectivity index is 1.54. The van der Waals surface area contributed by atoms with Crippen LogP contribution in [0.1, 0.15) is 30.0 Å². The van der Waals surface area contributed by atoms with E-state index < -0.39 is 11.7 Å². The van der Waals surface area contributed by atoms with Gasteiger partial charge in [-0.25, -0.2) is 0 Å². The lowest BCUT2D eigenvalue weighted by molar-refractivity contribution is -0.138. The van der Waals surface area contributed by atoms with Crippen molar-refractivity contribution in [2.75, 3.05) is 13.1 Å². The Hall–Kier alpha value is -2.54. The minimum absolute atomic E-state index is 0.00891. The first-order valence-electron chi connectivity index (χ1n) is 9.21. The molecule has 3 rings (SSSR count). The van der Waals surface area contributed by atoms with Crippen LogP contribution in [0.3, 0.4) is 0 Å². The van der Waals surface area contributed by atoms with Crippen molar-refractivity contribution in [3.8, 4) is 5.75 Å². The fraction of sp³-hybridized carbons (Fsp3) is 0.381. The number of halogens is 3. The molecule has 1 aliphatic heterocycles. The zero-order valence-electron chi connectivity index (χ0n) is 15.6. The highest BCUT2D eigenvalue weighted by molar-refractivity contribution is 5.76. The maximum absolute atomic E-state index is 13.0. The van der Waals surface area contributed by atoms with E-state index in [9.17, 15) is 18.0 Å². The largest absolute Gasteiger partial charge is 0.489 e. The maximum atomic E-state index is 13.0. The summed E-state index contributed by atoms with van der Waals surface area (Å²) in [5.74, 6) is 0.578. The van der Waals surface area contributed by atoms with Crippen molar-refractivity contribution in [1.82, 2.24) is 10.2 Å². The summed E-state index contributed by atoms with van der Waals surface area (Å²) in [5.41, 5.74) is 0.408. The number of benzene rings is 2. The first-order chi connectivity index (χ1) is 13.3. The third-order valence-electron chi connectivity index (χ3n) is 4.66. The Morgan fingerprint density at radius 2 is 1.89 bits per heavy atom. The van der Waals surface area contributed by atoms with Gasteiger partial charge >= 0.3 is 6.18 Å². The van der Waals surface area contributed by atoms with E-state index in [1.54, 1.807) is 0 Å². The second kappa shape index (κ2) is 8.65. The quantitative estimate of drug-likeness (QED) is 0.837. The van der Waals surface area contributed by atoms with Gasteiger partial charge in [-0.2, -0.15) is 13.2 Å². The zero-order chi connectivity index (χ0) is 20.1. The smallest absolute Gasteiger partial charge is 0.416 e. The second-order valence-electron chi connectivity index (χ2n) is 6.95. The van der Waals surface area contributed by atoms with Crippen LogP contribution in [0, 0.1) is 0 Å². The van der Waals surface area contributed by atoms with E-state index in [0.717, 1.165) is 17.4 Å². The van der Waals surface area contributed by atoms with Gasteiger partial charge in [0.15, 0.2) is 0 Å². The van der Waals surface area contributed by atoms with Crippen molar-refractivity contribution in [2.24, 2.45) is 0 Å². The molecule has 1 N–H and O–H groups in total. The van der Waals surface area contributed by atoms with Gasteiger partial charge in [0.1, 0.15) is 11.9 Å². The Bertz CT molecular complexity index is 823. The average Bonchev–Trinajstić information content (AvgIpc) is 2.81. The molecular formula is C21H23F3N2O2. The Morgan fingerprint density at radius 1 is 1.18 bits per heavy atom. The molecule has 1 atom stereocenters. The second-order valence-corrected chi connectivity index (χ2v) is 6.95. The summed E-state index contributed by atoms with van der Waals surface area (Å²) in [6.07, 6.45) is -4.23. The molecule has 0 spiro atoms. The van der Waals surface area contributed by atoms with Crippen molar-refractivity contribution in [1.29, 1.82) is 0 Å². The number of alkyl halides is 3. The number of carbonyl (C=O) groups excluding carboxylic acids is 1. The molecule has 7 heteroatoms. The van der Waals surface area contributed by atoms with Gasteiger partial charge in [-0.15, -0.1) is 0 Å². The van der Waals surface area contributed by atoms with E-state index in [1.165, 1.54) is 18.2 Å². The van der Waals surface area contributed by atoms with Crippen molar-refractivity contribution >= 4 is 5.91 Å².